The molecule has 3 aromatic rings. The van der Waals surface area contributed by atoms with Gasteiger partial charge >= 0.3 is 5.97 Å². The molecule has 1 aliphatic heterocycles. The number of carbonyl (C=O) groups is 2. The third-order valence-electron chi connectivity index (χ3n) is 4.35. The van der Waals surface area contributed by atoms with Crippen molar-refractivity contribution < 1.29 is 28.7 Å². The second-order valence-corrected chi connectivity index (χ2v) is 7.73. The van der Waals surface area contributed by atoms with Gasteiger partial charge in [0, 0.05) is 23.2 Å². The predicted octanol–water partition coefficient (Wildman–Crippen LogP) is 3.30. The molecule has 0 aliphatic carbocycles. The molecule has 12 heteroatoms. The molecular formula is C19H14ClN3O7S. The van der Waals surface area contributed by atoms with E-state index in [-0.39, 0.29) is 35.3 Å². The fourth-order valence-electron chi connectivity index (χ4n) is 3.02. The highest BCUT2D eigenvalue weighted by molar-refractivity contribution is 7.16. The Morgan fingerprint density at radius 3 is 2.74 bits per heavy atom. The maximum absolute atomic E-state index is 12.8. The van der Waals surface area contributed by atoms with E-state index in [1.165, 1.54) is 16.7 Å². The second kappa shape index (κ2) is 8.36. The number of benzene rings is 2. The van der Waals surface area contributed by atoms with Gasteiger partial charge in [-0.25, -0.2) is 0 Å². The van der Waals surface area contributed by atoms with Gasteiger partial charge in [-0.1, -0.05) is 22.9 Å². The quantitative estimate of drug-likeness (QED) is 0.323. The van der Waals surface area contributed by atoms with E-state index >= 15 is 0 Å². The van der Waals surface area contributed by atoms with Crippen LogP contribution in [0, 0.1) is 10.1 Å². The molecule has 0 spiro atoms. The third kappa shape index (κ3) is 4.09. The van der Waals surface area contributed by atoms with Gasteiger partial charge in [0.25, 0.3) is 11.6 Å². The lowest BCUT2D eigenvalue weighted by atomic mass is 10.2. The van der Waals surface area contributed by atoms with E-state index in [0.717, 1.165) is 17.4 Å². The number of esters is 1. The van der Waals surface area contributed by atoms with Gasteiger partial charge in [0.1, 0.15) is 12.1 Å². The van der Waals surface area contributed by atoms with E-state index in [4.69, 9.17) is 25.8 Å². The standard InChI is InChI=1S/C19H14ClN3O7S/c1-2-28-17(24)8-22-13-6-14-15(30-9-29-14)7-16(13)31-19(22)21-18(25)11-5-10(20)3-4-12(11)23(26)27/h3-7H,2,8-9H2,1H3. The van der Waals surface area contributed by atoms with Gasteiger partial charge in [-0.05, 0) is 19.1 Å². The van der Waals surface area contributed by atoms with E-state index in [1.807, 2.05) is 0 Å². The number of halogens is 1. The van der Waals surface area contributed by atoms with Gasteiger partial charge in [-0.2, -0.15) is 4.99 Å². The Morgan fingerprint density at radius 1 is 1.29 bits per heavy atom. The minimum atomic E-state index is -0.863. The Hall–Kier alpha value is -3.44. The highest BCUT2D eigenvalue weighted by Gasteiger charge is 2.22. The van der Waals surface area contributed by atoms with Crippen LogP contribution in [-0.4, -0.2) is 34.8 Å². The molecule has 160 valence electrons. The van der Waals surface area contributed by atoms with Crippen LogP contribution in [0.15, 0.2) is 35.3 Å². The van der Waals surface area contributed by atoms with Crippen molar-refractivity contribution in [1.82, 2.24) is 4.57 Å². The third-order valence-corrected chi connectivity index (χ3v) is 5.63. The summed E-state index contributed by atoms with van der Waals surface area (Å²) < 4.78 is 18.0. The van der Waals surface area contributed by atoms with Crippen LogP contribution in [0.25, 0.3) is 10.2 Å². The maximum atomic E-state index is 12.8. The zero-order valence-corrected chi connectivity index (χ0v) is 17.6. The number of nitro benzene ring substituents is 1. The van der Waals surface area contributed by atoms with Crippen molar-refractivity contribution in [2.45, 2.75) is 13.5 Å². The summed E-state index contributed by atoms with van der Waals surface area (Å²) in [6, 6.07) is 7.04. The highest BCUT2D eigenvalue weighted by Crippen LogP contribution is 2.37. The molecule has 0 unspecified atom stereocenters. The molecule has 0 bridgehead atoms. The van der Waals surface area contributed by atoms with E-state index in [9.17, 15) is 19.7 Å². The molecule has 0 saturated carbocycles. The molecule has 0 radical (unpaired) electrons. The summed E-state index contributed by atoms with van der Waals surface area (Å²) in [7, 11) is 0. The number of amides is 1. The molecule has 0 saturated heterocycles. The molecule has 2 aromatic carbocycles. The van der Waals surface area contributed by atoms with Gasteiger partial charge in [0.2, 0.25) is 6.79 Å². The average Bonchev–Trinajstić information content (AvgIpc) is 3.30. The number of nitrogens with zero attached hydrogens (tertiary/aromatic N) is 3. The molecule has 0 N–H and O–H groups in total. The number of nitro groups is 1. The maximum Gasteiger partial charge on any atom is 0.326 e. The summed E-state index contributed by atoms with van der Waals surface area (Å²) in [6.07, 6.45) is 0. The van der Waals surface area contributed by atoms with Crippen LogP contribution in [0.5, 0.6) is 11.5 Å². The molecule has 0 atom stereocenters. The Balaban J connectivity index is 1.87. The lowest BCUT2D eigenvalue weighted by Crippen LogP contribution is -2.23. The smallest absolute Gasteiger partial charge is 0.326 e. The first-order chi connectivity index (χ1) is 14.9. The Kier molecular flexibility index (Phi) is 5.61. The summed E-state index contributed by atoms with van der Waals surface area (Å²) in [6.45, 7) is 1.74. The summed E-state index contributed by atoms with van der Waals surface area (Å²) in [4.78, 5) is 39.8. The van der Waals surface area contributed by atoms with Crippen molar-refractivity contribution in [3.63, 3.8) is 0 Å². The number of rotatable bonds is 5. The van der Waals surface area contributed by atoms with Crippen LogP contribution in [0.3, 0.4) is 0 Å². The van der Waals surface area contributed by atoms with E-state index in [2.05, 4.69) is 4.99 Å². The molecule has 4 rings (SSSR count). The minimum absolute atomic E-state index is 0.0820. The number of carbonyl (C=O) groups excluding carboxylic acids is 2. The van der Waals surface area contributed by atoms with Gasteiger partial charge < -0.3 is 18.8 Å². The lowest BCUT2D eigenvalue weighted by Gasteiger charge is -2.06. The van der Waals surface area contributed by atoms with Crippen molar-refractivity contribution >= 4 is 50.7 Å². The van der Waals surface area contributed by atoms with Crippen LogP contribution >= 0.6 is 22.9 Å². The topological polar surface area (TPSA) is 122 Å². The van der Waals surface area contributed by atoms with Crippen molar-refractivity contribution in [3.05, 3.63) is 55.8 Å². The molecule has 2 heterocycles. The van der Waals surface area contributed by atoms with Crippen LogP contribution in [0.1, 0.15) is 17.3 Å². The van der Waals surface area contributed by atoms with Crippen LogP contribution in [-0.2, 0) is 16.1 Å². The largest absolute Gasteiger partial charge is 0.465 e. The predicted molar refractivity (Wildman–Crippen MR) is 111 cm³/mol. The molecule has 0 fully saturated rings. The number of aromatic nitrogens is 1. The first-order valence-corrected chi connectivity index (χ1v) is 10.2. The van der Waals surface area contributed by atoms with Crippen LogP contribution in [0.2, 0.25) is 5.02 Å². The van der Waals surface area contributed by atoms with Gasteiger partial charge in [-0.3, -0.25) is 19.7 Å². The lowest BCUT2D eigenvalue weighted by molar-refractivity contribution is -0.385. The summed E-state index contributed by atoms with van der Waals surface area (Å²) >= 11 is 7.04. The number of fused-ring (bicyclic) bond motifs is 2. The number of ether oxygens (including phenoxy) is 3. The highest BCUT2D eigenvalue weighted by atomic mass is 35.5. The summed E-state index contributed by atoms with van der Waals surface area (Å²) in [5.41, 5.74) is -0.0989. The first kappa shape index (κ1) is 20.8. The second-order valence-electron chi connectivity index (χ2n) is 6.28. The van der Waals surface area contributed by atoms with Crippen LogP contribution in [0.4, 0.5) is 5.69 Å². The number of thiazole rings is 1. The molecule has 31 heavy (non-hydrogen) atoms. The Labute approximate surface area is 183 Å². The van der Waals surface area contributed by atoms with Crippen molar-refractivity contribution in [1.29, 1.82) is 0 Å². The van der Waals surface area contributed by atoms with E-state index < -0.39 is 22.5 Å². The van der Waals surface area contributed by atoms with E-state index in [1.54, 1.807) is 19.1 Å². The Bertz CT molecular complexity index is 1300. The fourth-order valence-corrected chi connectivity index (χ4v) is 4.23. The van der Waals surface area contributed by atoms with Gasteiger partial charge in [0.15, 0.2) is 16.3 Å². The molecular weight excluding hydrogens is 450 g/mol. The molecule has 10 nitrogen and oxygen atoms in total. The van der Waals surface area contributed by atoms with Crippen LogP contribution < -0.4 is 14.3 Å². The molecule has 1 aliphatic rings. The fraction of sp³-hybridized carbons (Fsp3) is 0.211. The first-order valence-electron chi connectivity index (χ1n) is 8.99. The van der Waals surface area contributed by atoms with E-state index in [0.29, 0.717) is 21.7 Å². The summed E-state index contributed by atoms with van der Waals surface area (Å²) in [5.74, 6) is -0.368. The molecule has 1 aromatic heterocycles. The number of hydrogen-bond acceptors (Lipinski definition) is 8. The minimum Gasteiger partial charge on any atom is -0.465 e. The average molecular weight is 464 g/mol. The van der Waals surface area contributed by atoms with Gasteiger partial charge in [0.05, 0.1) is 21.7 Å². The van der Waals surface area contributed by atoms with Crippen molar-refractivity contribution in [2.24, 2.45) is 4.99 Å². The van der Waals surface area contributed by atoms with Crippen molar-refractivity contribution in [3.8, 4) is 11.5 Å². The monoisotopic (exact) mass is 463 g/mol. The normalized spacial score (nSPS) is 12.9. The summed E-state index contributed by atoms with van der Waals surface area (Å²) in [5, 5.41) is 11.5. The van der Waals surface area contributed by atoms with Gasteiger partial charge in [-0.15, -0.1) is 0 Å². The SMILES string of the molecule is CCOC(=O)Cn1c(=NC(=O)c2cc(Cl)ccc2[N+](=O)[O-])sc2cc3c(cc21)OCO3. The Morgan fingerprint density at radius 2 is 2.03 bits per heavy atom. The zero-order valence-electron chi connectivity index (χ0n) is 16.0. The van der Waals surface area contributed by atoms with Crippen molar-refractivity contribution in [2.75, 3.05) is 13.4 Å². The zero-order chi connectivity index (χ0) is 22.1. The molecule has 1 amide bonds. The number of hydrogen-bond donors (Lipinski definition) is 0.